The maximum Gasteiger partial charge on any atom is 0.248 e. The number of rotatable bonds is 12. The molecule has 0 aliphatic carbocycles. The third-order valence-electron chi connectivity index (χ3n) is 7.38. The molecule has 1 N–H and O–H groups in total. The van der Waals surface area contributed by atoms with Crippen LogP contribution < -0.4 is 9.47 Å². The van der Waals surface area contributed by atoms with Crippen molar-refractivity contribution in [1.82, 2.24) is 14.7 Å². The Kier molecular flexibility index (Phi) is 11.2. The quantitative estimate of drug-likeness (QED) is 0.404. The van der Waals surface area contributed by atoms with Crippen LogP contribution in [0.3, 0.4) is 0 Å². The number of para-hydroxylation sites is 1. The Balaban J connectivity index is 1.34. The highest BCUT2D eigenvalue weighted by Gasteiger charge is 2.37. The Hall–Kier alpha value is -3.14. The number of aliphatic hydroxyl groups is 1. The smallest absolute Gasteiger partial charge is 0.248 e. The van der Waals surface area contributed by atoms with Crippen LogP contribution in [0.25, 0.3) is 0 Å². The Morgan fingerprint density at radius 1 is 0.950 bits per heavy atom. The maximum atomic E-state index is 12.7. The van der Waals surface area contributed by atoms with Gasteiger partial charge in [-0.2, -0.15) is 0 Å². The number of hydrogen-bond acceptors (Lipinski definition) is 7. The van der Waals surface area contributed by atoms with Crippen LogP contribution in [0, 0.1) is 0 Å². The van der Waals surface area contributed by atoms with Crippen molar-refractivity contribution in [1.29, 1.82) is 0 Å². The van der Waals surface area contributed by atoms with Crippen LogP contribution in [-0.2, 0) is 20.9 Å². The maximum absolute atomic E-state index is 12.7. The highest BCUT2D eigenvalue weighted by atomic mass is 16.5. The van der Waals surface area contributed by atoms with E-state index in [1.807, 2.05) is 59.5 Å². The third-order valence-corrected chi connectivity index (χ3v) is 7.38. The van der Waals surface area contributed by atoms with E-state index in [4.69, 9.17) is 14.2 Å². The second-order valence-electron chi connectivity index (χ2n) is 10.8. The van der Waals surface area contributed by atoms with E-state index in [-0.39, 0.29) is 31.6 Å². The fourth-order valence-electron chi connectivity index (χ4n) is 5.34. The van der Waals surface area contributed by atoms with Crippen molar-refractivity contribution in [3.8, 4) is 11.5 Å². The van der Waals surface area contributed by atoms with Gasteiger partial charge in [-0.25, -0.2) is 0 Å². The first-order valence-corrected chi connectivity index (χ1v) is 14.3. The first-order chi connectivity index (χ1) is 19.4. The molecular formula is C31H43N3O6. The van der Waals surface area contributed by atoms with E-state index in [1.165, 1.54) is 7.11 Å². The molecule has 0 radical (unpaired) electrons. The number of amides is 2. The largest absolute Gasteiger partial charge is 0.494 e. The van der Waals surface area contributed by atoms with Gasteiger partial charge in [-0.15, -0.1) is 0 Å². The fourth-order valence-corrected chi connectivity index (χ4v) is 5.34. The molecule has 9 heteroatoms. The Morgan fingerprint density at radius 2 is 1.77 bits per heavy atom. The van der Waals surface area contributed by atoms with E-state index in [0.29, 0.717) is 45.0 Å². The van der Waals surface area contributed by atoms with E-state index < -0.39 is 5.60 Å². The summed E-state index contributed by atoms with van der Waals surface area (Å²) in [5, 5.41) is 11.6. The van der Waals surface area contributed by atoms with Crippen molar-refractivity contribution in [2.75, 3.05) is 66.2 Å². The lowest BCUT2D eigenvalue weighted by atomic mass is 10.0. The Morgan fingerprint density at radius 3 is 2.60 bits per heavy atom. The van der Waals surface area contributed by atoms with Gasteiger partial charge in [0.05, 0.1) is 13.2 Å². The van der Waals surface area contributed by atoms with Crippen LogP contribution in [0.1, 0.15) is 37.7 Å². The monoisotopic (exact) mass is 553 g/mol. The number of carbonyl (C=O) groups excluding carboxylic acids is 2. The van der Waals surface area contributed by atoms with Crippen molar-refractivity contribution in [3.05, 3.63) is 60.2 Å². The van der Waals surface area contributed by atoms with Gasteiger partial charge in [-0.1, -0.05) is 36.8 Å². The predicted octanol–water partition coefficient (Wildman–Crippen LogP) is 2.96. The highest BCUT2D eigenvalue weighted by molar-refractivity contribution is 5.77. The average Bonchev–Trinajstić information content (AvgIpc) is 3.26. The van der Waals surface area contributed by atoms with Crippen LogP contribution in [0.2, 0.25) is 0 Å². The molecular weight excluding hydrogens is 510 g/mol. The van der Waals surface area contributed by atoms with Gasteiger partial charge in [0.25, 0.3) is 0 Å². The first kappa shape index (κ1) is 29.8. The minimum absolute atomic E-state index is 0.0269. The van der Waals surface area contributed by atoms with Crippen LogP contribution in [-0.4, -0.2) is 103 Å². The normalized spacial score (nSPS) is 20.6. The Bertz CT molecular complexity index is 1080. The zero-order valence-corrected chi connectivity index (χ0v) is 23.6. The second-order valence-corrected chi connectivity index (χ2v) is 10.8. The van der Waals surface area contributed by atoms with Crippen LogP contribution in [0.5, 0.6) is 11.5 Å². The molecule has 2 aliphatic heterocycles. The standard InChI is InChI=1S/C31H43N3O6/c1-38-22-30(36)34-18-17-32(23-31(37,24-34)25-40-27-11-4-2-5-12-27)21-26-10-8-13-28(20-26)39-19-9-16-33-15-7-3-6-14-29(33)35/h2,4-5,8,10-13,20,37H,3,6-7,9,14-19,21-25H2,1H3. The van der Waals surface area contributed by atoms with E-state index in [1.54, 1.807) is 4.90 Å². The highest BCUT2D eigenvalue weighted by Crippen LogP contribution is 2.22. The van der Waals surface area contributed by atoms with Gasteiger partial charge in [-0.3, -0.25) is 14.5 Å². The minimum Gasteiger partial charge on any atom is -0.494 e. The van der Waals surface area contributed by atoms with E-state index in [9.17, 15) is 14.7 Å². The molecule has 2 aromatic rings. The fraction of sp³-hybridized carbons (Fsp3) is 0.548. The lowest BCUT2D eigenvalue weighted by molar-refractivity contribution is -0.138. The van der Waals surface area contributed by atoms with Crippen molar-refractivity contribution in [2.24, 2.45) is 0 Å². The summed E-state index contributed by atoms with van der Waals surface area (Å²) in [6, 6.07) is 17.4. The molecule has 1 atom stereocenters. The molecule has 2 fully saturated rings. The molecule has 0 spiro atoms. The minimum atomic E-state index is -1.26. The molecule has 0 saturated carbocycles. The van der Waals surface area contributed by atoms with Gasteiger partial charge in [0.15, 0.2) is 0 Å². The molecule has 4 rings (SSSR count). The summed E-state index contributed by atoms with van der Waals surface area (Å²) in [7, 11) is 1.50. The van der Waals surface area contributed by atoms with Gasteiger partial charge in [0.1, 0.15) is 30.3 Å². The van der Waals surface area contributed by atoms with Gasteiger partial charge >= 0.3 is 0 Å². The molecule has 2 amide bonds. The summed E-state index contributed by atoms with van der Waals surface area (Å²) in [5.41, 5.74) is -0.197. The van der Waals surface area contributed by atoms with Crippen LogP contribution in [0.4, 0.5) is 0 Å². The zero-order valence-electron chi connectivity index (χ0n) is 23.6. The molecule has 0 aromatic heterocycles. The van der Waals surface area contributed by atoms with Crippen molar-refractivity contribution in [3.63, 3.8) is 0 Å². The van der Waals surface area contributed by atoms with Crippen molar-refractivity contribution < 1.29 is 28.9 Å². The summed E-state index contributed by atoms with van der Waals surface area (Å²) in [4.78, 5) is 30.7. The lowest BCUT2D eigenvalue weighted by Gasteiger charge is -2.33. The second kappa shape index (κ2) is 15.0. The van der Waals surface area contributed by atoms with Gasteiger partial charge < -0.3 is 29.1 Å². The molecule has 218 valence electrons. The Labute approximate surface area is 237 Å². The summed E-state index contributed by atoms with van der Waals surface area (Å²) < 4.78 is 17.0. The van der Waals surface area contributed by atoms with Gasteiger partial charge in [0.2, 0.25) is 11.8 Å². The number of hydrogen-bond donors (Lipinski definition) is 1. The third kappa shape index (κ3) is 9.21. The topological polar surface area (TPSA) is 91.8 Å². The molecule has 2 saturated heterocycles. The first-order valence-electron chi connectivity index (χ1n) is 14.3. The van der Waals surface area contributed by atoms with Gasteiger partial charge in [-0.05, 0) is 49.1 Å². The summed E-state index contributed by atoms with van der Waals surface area (Å²) in [6.45, 7) is 4.37. The van der Waals surface area contributed by atoms with E-state index >= 15 is 0 Å². The number of benzene rings is 2. The van der Waals surface area contributed by atoms with Crippen LogP contribution >= 0.6 is 0 Å². The molecule has 9 nitrogen and oxygen atoms in total. The molecule has 2 aliphatic rings. The molecule has 40 heavy (non-hydrogen) atoms. The number of methoxy groups -OCH3 is 1. The average molecular weight is 554 g/mol. The number of ether oxygens (including phenoxy) is 3. The molecule has 1 unspecified atom stereocenters. The number of likely N-dealkylation sites (tertiary alicyclic amines) is 1. The lowest BCUT2D eigenvalue weighted by Crippen LogP contribution is -2.52. The molecule has 2 aromatic carbocycles. The van der Waals surface area contributed by atoms with Crippen LogP contribution in [0.15, 0.2) is 54.6 Å². The zero-order chi connectivity index (χ0) is 28.2. The number of carbonyl (C=O) groups is 2. The SMILES string of the molecule is COCC(=O)N1CCN(Cc2cccc(OCCCN3CCCCCC3=O)c2)CC(O)(COc2ccccc2)C1. The van der Waals surface area contributed by atoms with Crippen molar-refractivity contribution in [2.45, 2.75) is 44.2 Å². The summed E-state index contributed by atoms with van der Waals surface area (Å²) in [5.74, 6) is 1.56. The molecule has 2 heterocycles. The van der Waals surface area contributed by atoms with E-state index in [2.05, 4.69) is 4.90 Å². The number of β-amino-alcohol motifs (C(OH)–C–C–N with tert-alkyl or cyclic N) is 1. The van der Waals surface area contributed by atoms with Gasteiger partial charge in [0, 0.05) is 52.8 Å². The van der Waals surface area contributed by atoms with E-state index in [0.717, 1.165) is 50.1 Å². The summed E-state index contributed by atoms with van der Waals surface area (Å²) in [6.07, 6.45) is 4.65. The predicted molar refractivity (Wildman–Crippen MR) is 152 cm³/mol. The summed E-state index contributed by atoms with van der Waals surface area (Å²) >= 11 is 0. The van der Waals surface area contributed by atoms with Crippen molar-refractivity contribution >= 4 is 11.8 Å². The number of nitrogens with zero attached hydrogens (tertiary/aromatic N) is 3. The molecule has 0 bridgehead atoms.